The van der Waals surface area contributed by atoms with Crippen molar-refractivity contribution in [3.63, 3.8) is 0 Å². The van der Waals surface area contributed by atoms with E-state index in [9.17, 15) is 9.59 Å². The van der Waals surface area contributed by atoms with Crippen LogP contribution in [0.25, 0.3) is 0 Å². The molecule has 0 aliphatic carbocycles. The summed E-state index contributed by atoms with van der Waals surface area (Å²) in [5.74, 6) is 1.09. The van der Waals surface area contributed by atoms with E-state index in [2.05, 4.69) is 0 Å². The van der Waals surface area contributed by atoms with E-state index in [0.717, 1.165) is 16.9 Å². The molecule has 2 aromatic carbocycles. The number of methoxy groups -OCH3 is 1. The minimum Gasteiger partial charge on any atom is -0.497 e. The molecule has 3 rings (SSSR count). The molecule has 0 unspecified atom stereocenters. The van der Waals surface area contributed by atoms with Gasteiger partial charge >= 0.3 is 0 Å². The number of aryl methyl sites for hydroxylation is 1. The lowest BCUT2D eigenvalue weighted by atomic mass is 10.1. The van der Waals surface area contributed by atoms with Crippen LogP contribution in [0.4, 0.5) is 0 Å². The first kappa shape index (κ1) is 19.0. The van der Waals surface area contributed by atoms with Gasteiger partial charge in [0.25, 0.3) is 0 Å². The standard InChI is InChI=1S/C22H26N2O3/c1-27-20-9-5-8-19(16-20)10-11-21(25)23-12-14-24(15-13-23)22(26)17-18-6-3-2-4-7-18/h2-9,16H,10-15,17H2,1H3. The Morgan fingerprint density at radius 3 is 2.15 bits per heavy atom. The summed E-state index contributed by atoms with van der Waals surface area (Å²) < 4.78 is 5.22. The first-order valence-corrected chi connectivity index (χ1v) is 9.38. The third kappa shape index (κ3) is 5.33. The smallest absolute Gasteiger partial charge is 0.227 e. The Morgan fingerprint density at radius 2 is 1.48 bits per heavy atom. The molecular formula is C22H26N2O3. The third-order valence-corrected chi connectivity index (χ3v) is 4.94. The molecule has 5 nitrogen and oxygen atoms in total. The van der Waals surface area contributed by atoms with Gasteiger partial charge in [0.1, 0.15) is 5.75 Å². The summed E-state index contributed by atoms with van der Waals surface area (Å²) in [5.41, 5.74) is 2.12. The molecule has 1 saturated heterocycles. The minimum atomic E-state index is 0.129. The zero-order valence-corrected chi connectivity index (χ0v) is 15.8. The van der Waals surface area contributed by atoms with Crippen LogP contribution in [0.1, 0.15) is 17.5 Å². The normalized spacial score (nSPS) is 14.1. The number of rotatable bonds is 6. The summed E-state index contributed by atoms with van der Waals surface area (Å²) in [5, 5.41) is 0. The van der Waals surface area contributed by atoms with Gasteiger partial charge in [0, 0.05) is 32.6 Å². The number of piperazine rings is 1. The fraction of sp³-hybridized carbons (Fsp3) is 0.364. The molecule has 5 heteroatoms. The molecule has 0 bridgehead atoms. The number of ether oxygens (including phenoxy) is 1. The number of amides is 2. The van der Waals surface area contributed by atoms with Crippen molar-refractivity contribution in [1.29, 1.82) is 0 Å². The molecule has 2 amide bonds. The van der Waals surface area contributed by atoms with Gasteiger partial charge in [-0.2, -0.15) is 0 Å². The first-order chi connectivity index (χ1) is 13.2. The zero-order chi connectivity index (χ0) is 19.1. The molecule has 142 valence electrons. The monoisotopic (exact) mass is 366 g/mol. The second-order valence-corrected chi connectivity index (χ2v) is 6.78. The van der Waals surface area contributed by atoms with Crippen molar-refractivity contribution in [3.8, 4) is 5.75 Å². The number of benzene rings is 2. The lowest BCUT2D eigenvalue weighted by Crippen LogP contribution is -2.51. The third-order valence-electron chi connectivity index (χ3n) is 4.94. The number of nitrogens with zero attached hydrogens (tertiary/aromatic N) is 2. The Hall–Kier alpha value is -2.82. The summed E-state index contributed by atoms with van der Waals surface area (Å²) >= 11 is 0. The fourth-order valence-corrected chi connectivity index (χ4v) is 3.32. The summed E-state index contributed by atoms with van der Waals surface area (Å²) in [7, 11) is 1.64. The van der Waals surface area contributed by atoms with Crippen LogP contribution >= 0.6 is 0 Å². The Balaban J connectivity index is 1.44. The highest BCUT2D eigenvalue weighted by Gasteiger charge is 2.23. The Bertz CT molecular complexity index is 768. The number of hydrogen-bond acceptors (Lipinski definition) is 3. The van der Waals surface area contributed by atoms with E-state index in [1.54, 1.807) is 7.11 Å². The Morgan fingerprint density at radius 1 is 0.852 bits per heavy atom. The maximum absolute atomic E-state index is 12.5. The summed E-state index contributed by atoms with van der Waals surface area (Å²) in [6.07, 6.45) is 1.60. The predicted molar refractivity (Wildman–Crippen MR) is 105 cm³/mol. The van der Waals surface area contributed by atoms with Crippen molar-refractivity contribution in [1.82, 2.24) is 9.80 Å². The second kappa shape index (κ2) is 9.21. The highest BCUT2D eigenvalue weighted by molar-refractivity contribution is 5.80. The van der Waals surface area contributed by atoms with Gasteiger partial charge in [-0.1, -0.05) is 42.5 Å². The van der Waals surface area contributed by atoms with Crippen molar-refractivity contribution in [2.75, 3.05) is 33.3 Å². The van der Waals surface area contributed by atoms with Crippen LogP contribution in [0.2, 0.25) is 0 Å². The van der Waals surface area contributed by atoms with Crippen molar-refractivity contribution < 1.29 is 14.3 Å². The molecular weight excluding hydrogens is 340 g/mol. The van der Waals surface area contributed by atoms with Gasteiger partial charge < -0.3 is 14.5 Å². The average Bonchev–Trinajstić information content (AvgIpc) is 2.73. The molecule has 0 radical (unpaired) electrons. The minimum absolute atomic E-state index is 0.129. The van der Waals surface area contributed by atoms with Gasteiger partial charge in [-0.05, 0) is 29.7 Å². The molecule has 0 N–H and O–H groups in total. The highest BCUT2D eigenvalue weighted by atomic mass is 16.5. The Kier molecular flexibility index (Phi) is 6.47. The molecule has 1 aliphatic rings. The van der Waals surface area contributed by atoms with Crippen LogP contribution in [0.15, 0.2) is 54.6 Å². The second-order valence-electron chi connectivity index (χ2n) is 6.78. The van der Waals surface area contributed by atoms with E-state index in [4.69, 9.17) is 4.74 Å². The van der Waals surface area contributed by atoms with Gasteiger partial charge in [0.05, 0.1) is 13.5 Å². The predicted octanol–water partition coefficient (Wildman–Crippen LogP) is 2.54. The first-order valence-electron chi connectivity index (χ1n) is 9.38. The molecule has 1 aliphatic heterocycles. The van der Waals surface area contributed by atoms with E-state index >= 15 is 0 Å². The molecule has 2 aromatic rings. The zero-order valence-electron chi connectivity index (χ0n) is 15.8. The maximum Gasteiger partial charge on any atom is 0.227 e. The molecule has 0 spiro atoms. The van der Waals surface area contributed by atoms with Crippen molar-refractivity contribution in [2.24, 2.45) is 0 Å². The van der Waals surface area contributed by atoms with E-state index in [-0.39, 0.29) is 11.8 Å². The quantitative estimate of drug-likeness (QED) is 0.789. The Labute approximate surface area is 160 Å². The van der Waals surface area contributed by atoms with Crippen molar-refractivity contribution in [3.05, 3.63) is 65.7 Å². The van der Waals surface area contributed by atoms with Crippen LogP contribution < -0.4 is 4.74 Å². The van der Waals surface area contributed by atoms with Crippen LogP contribution in [0, 0.1) is 0 Å². The van der Waals surface area contributed by atoms with Crippen LogP contribution in [0.5, 0.6) is 5.75 Å². The lowest BCUT2D eigenvalue weighted by molar-refractivity contribution is -0.139. The van der Waals surface area contributed by atoms with Crippen molar-refractivity contribution in [2.45, 2.75) is 19.3 Å². The number of hydrogen-bond donors (Lipinski definition) is 0. The summed E-state index contributed by atoms with van der Waals surface area (Å²) in [4.78, 5) is 28.6. The van der Waals surface area contributed by atoms with Gasteiger partial charge in [0.2, 0.25) is 11.8 Å². The molecule has 1 fully saturated rings. The molecule has 0 aromatic heterocycles. The van der Waals surface area contributed by atoms with Crippen molar-refractivity contribution >= 4 is 11.8 Å². The van der Waals surface area contributed by atoms with Crippen LogP contribution in [-0.4, -0.2) is 54.9 Å². The van der Waals surface area contributed by atoms with Gasteiger partial charge in [-0.3, -0.25) is 9.59 Å². The van der Waals surface area contributed by atoms with Crippen LogP contribution in [-0.2, 0) is 22.4 Å². The van der Waals surface area contributed by atoms with E-state index in [1.165, 1.54) is 0 Å². The van der Waals surface area contributed by atoms with E-state index < -0.39 is 0 Å². The van der Waals surface area contributed by atoms with Gasteiger partial charge in [-0.15, -0.1) is 0 Å². The highest BCUT2D eigenvalue weighted by Crippen LogP contribution is 2.15. The average molecular weight is 366 g/mol. The molecule has 0 atom stereocenters. The number of carbonyl (C=O) groups is 2. The molecule has 27 heavy (non-hydrogen) atoms. The largest absolute Gasteiger partial charge is 0.497 e. The van der Waals surface area contributed by atoms with E-state index in [1.807, 2.05) is 64.4 Å². The lowest BCUT2D eigenvalue weighted by Gasteiger charge is -2.35. The fourth-order valence-electron chi connectivity index (χ4n) is 3.32. The van der Waals surface area contributed by atoms with Gasteiger partial charge in [-0.25, -0.2) is 0 Å². The maximum atomic E-state index is 12.5. The SMILES string of the molecule is COc1cccc(CCC(=O)N2CCN(C(=O)Cc3ccccc3)CC2)c1. The topological polar surface area (TPSA) is 49.9 Å². The molecule has 0 saturated carbocycles. The van der Waals surface area contributed by atoms with E-state index in [0.29, 0.717) is 45.4 Å². The number of carbonyl (C=O) groups excluding carboxylic acids is 2. The molecule has 1 heterocycles. The summed E-state index contributed by atoms with van der Waals surface area (Å²) in [6, 6.07) is 17.6. The van der Waals surface area contributed by atoms with Crippen LogP contribution in [0.3, 0.4) is 0 Å². The van der Waals surface area contributed by atoms with Gasteiger partial charge in [0.15, 0.2) is 0 Å². The summed E-state index contributed by atoms with van der Waals surface area (Å²) in [6.45, 7) is 2.43.